The van der Waals surface area contributed by atoms with E-state index in [1.54, 1.807) is 18.2 Å². The Morgan fingerprint density at radius 1 is 1.10 bits per heavy atom. The molecule has 0 atom stereocenters. The van der Waals surface area contributed by atoms with E-state index >= 15 is 0 Å². The van der Waals surface area contributed by atoms with Crippen LogP contribution in [0.4, 0.5) is 5.69 Å². The summed E-state index contributed by atoms with van der Waals surface area (Å²) in [7, 11) is -3.62. The molecule has 0 radical (unpaired) electrons. The minimum Gasteiger partial charge on any atom is -0.355 e. The summed E-state index contributed by atoms with van der Waals surface area (Å²) < 4.78 is 28.5. The van der Waals surface area contributed by atoms with Crippen LogP contribution in [0.1, 0.15) is 37.3 Å². The van der Waals surface area contributed by atoms with Gasteiger partial charge in [-0.15, -0.1) is 4.40 Å². The van der Waals surface area contributed by atoms with E-state index in [1.807, 2.05) is 23.1 Å². The van der Waals surface area contributed by atoms with Gasteiger partial charge in [-0.1, -0.05) is 37.6 Å². The van der Waals surface area contributed by atoms with Crippen LogP contribution < -0.4 is 5.32 Å². The van der Waals surface area contributed by atoms with E-state index < -0.39 is 10.0 Å². The number of nitrogens with zero attached hydrogens (tertiary/aromatic N) is 2. The number of carbonyl (C=O) groups is 1. The zero-order valence-corrected chi connectivity index (χ0v) is 17.3. The maximum Gasteiger partial charge on any atom is 0.285 e. The van der Waals surface area contributed by atoms with Gasteiger partial charge in [-0.25, -0.2) is 0 Å². The number of anilines is 1. The maximum absolute atomic E-state index is 12.7. The van der Waals surface area contributed by atoms with E-state index in [-0.39, 0.29) is 16.7 Å². The Hall–Kier alpha value is -2.67. The molecule has 1 fully saturated rings. The van der Waals surface area contributed by atoms with E-state index in [9.17, 15) is 13.2 Å². The van der Waals surface area contributed by atoms with E-state index in [0.717, 1.165) is 18.5 Å². The average molecular weight is 412 g/mol. The molecule has 4 rings (SSSR count). The number of benzene rings is 2. The summed E-state index contributed by atoms with van der Waals surface area (Å²) in [6.07, 6.45) is 3.47. The Morgan fingerprint density at radius 2 is 1.79 bits per heavy atom. The number of carbonyl (C=O) groups excluding carboxylic acids is 1. The number of hydrogen-bond acceptors (Lipinski definition) is 4. The Kier molecular flexibility index (Phi) is 5.41. The highest BCUT2D eigenvalue weighted by atomic mass is 32.2. The lowest BCUT2D eigenvalue weighted by molar-refractivity contribution is -0.120. The monoisotopic (exact) mass is 411 g/mol. The molecule has 0 saturated carbocycles. The van der Waals surface area contributed by atoms with Gasteiger partial charge in [0.1, 0.15) is 4.90 Å². The fourth-order valence-electron chi connectivity index (χ4n) is 3.96. The fourth-order valence-corrected chi connectivity index (χ4v) is 5.19. The summed E-state index contributed by atoms with van der Waals surface area (Å²) in [6, 6.07) is 14.9. The molecule has 0 unspecified atom stereocenters. The van der Waals surface area contributed by atoms with Gasteiger partial charge in [0.2, 0.25) is 5.91 Å². The van der Waals surface area contributed by atoms with Crippen molar-refractivity contribution < 1.29 is 13.2 Å². The number of aryl methyl sites for hydroxylation is 1. The third-order valence-electron chi connectivity index (χ3n) is 5.54. The molecule has 1 amide bonds. The van der Waals surface area contributed by atoms with Crippen molar-refractivity contribution in [2.45, 2.75) is 37.5 Å². The Labute approximate surface area is 171 Å². The zero-order valence-electron chi connectivity index (χ0n) is 16.5. The molecule has 2 aromatic carbocycles. The molecule has 0 bridgehead atoms. The molecule has 0 aromatic heterocycles. The van der Waals surface area contributed by atoms with Crippen LogP contribution in [-0.2, 0) is 21.2 Å². The Bertz CT molecular complexity index is 1040. The fraction of sp³-hybridized carbons (Fsp3) is 0.364. The summed E-state index contributed by atoms with van der Waals surface area (Å²) in [4.78, 5) is 14.9. The molecule has 2 heterocycles. The van der Waals surface area contributed by atoms with Crippen molar-refractivity contribution >= 4 is 27.5 Å². The van der Waals surface area contributed by atoms with Gasteiger partial charge >= 0.3 is 0 Å². The molecular formula is C22H25N3O3S. The number of amides is 1. The molecule has 6 nitrogen and oxygen atoms in total. The van der Waals surface area contributed by atoms with Gasteiger partial charge in [0, 0.05) is 30.3 Å². The van der Waals surface area contributed by atoms with Crippen LogP contribution in [-0.4, -0.2) is 38.2 Å². The number of piperidine rings is 1. The van der Waals surface area contributed by atoms with Gasteiger partial charge in [0.25, 0.3) is 10.0 Å². The highest BCUT2D eigenvalue weighted by Crippen LogP contribution is 2.30. The molecule has 29 heavy (non-hydrogen) atoms. The van der Waals surface area contributed by atoms with Crippen molar-refractivity contribution in [2.75, 3.05) is 18.4 Å². The lowest BCUT2D eigenvalue weighted by atomic mass is 9.95. The van der Waals surface area contributed by atoms with E-state index in [0.29, 0.717) is 37.3 Å². The topological polar surface area (TPSA) is 78.8 Å². The van der Waals surface area contributed by atoms with Gasteiger partial charge < -0.3 is 10.2 Å². The second kappa shape index (κ2) is 7.99. The van der Waals surface area contributed by atoms with E-state index in [2.05, 4.69) is 28.8 Å². The predicted molar refractivity (Wildman–Crippen MR) is 114 cm³/mol. The first-order valence-corrected chi connectivity index (χ1v) is 11.5. The van der Waals surface area contributed by atoms with E-state index in [1.165, 1.54) is 5.56 Å². The SMILES string of the molecule is CCCc1ccc(NC(=O)C2CCN(C3=NS(=O)(=O)c4ccccc43)CC2)cc1. The Balaban J connectivity index is 1.38. The Morgan fingerprint density at radius 3 is 2.48 bits per heavy atom. The van der Waals surface area contributed by atoms with E-state index in [4.69, 9.17) is 0 Å². The summed E-state index contributed by atoms with van der Waals surface area (Å²) in [5.41, 5.74) is 2.74. The molecule has 2 aromatic rings. The minimum atomic E-state index is -3.62. The summed E-state index contributed by atoms with van der Waals surface area (Å²) in [5.74, 6) is 0.440. The standard InChI is InChI=1S/C22H25N3O3S/c1-2-5-16-8-10-18(11-9-16)23-22(26)17-12-14-25(15-13-17)21-19-6-3-4-7-20(19)29(27,28)24-21/h3-4,6-11,17H,2,5,12-15H2,1H3,(H,23,26). The maximum atomic E-state index is 12.7. The highest BCUT2D eigenvalue weighted by Gasteiger charge is 2.34. The smallest absolute Gasteiger partial charge is 0.285 e. The normalized spacial score (nSPS) is 18.2. The number of rotatable bonds is 4. The molecule has 2 aliphatic rings. The molecular weight excluding hydrogens is 386 g/mol. The average Bonchev–Trinajstić information content (AvgIpc) is 3.01. The number of sulfonamides is 1. The zero-order chi connectivity index (χ0) is 20.4. The second-order valence-corrected chi connectivity index (χ2v) is 9.16. The first kappa shape index (κ1) is 19.6. The summed E-state index contributed by atoms with van der Waals surface area (Å²) in [6.45, 7) is 3.36. The van der Waals surface area contributed by atoms with Crippen molar-refractivity contribution in [3.05, 3.63) is 59.7 Å². The second-order valence-electron chi connectivity index (χ2n) is 7.58. The van der Waals surface area contributed by atoms with Crippen LogP contribution in [0.25, 0.3) is 0 Å². The molecule has 0 spiro atoms. The first-order chi connectivity index (χ1) is 14.0. The lowest BCUT2D eigenvalue weighted by Crippen LogP contribution is -2.41. The summed E-state index contributed by atoms with van der Waals surface area (Å²) >= 11 is 0. The molecule has 2 aliphatic heterocycles. The van der Waals surface area contributed by atoms with Crippen molar-refractivity contribution in [2.24, 2.45) is 10.3 Å². The number of likely N-dealkylation sites (tertiary alicyclic amines) is 1. The number of hydrogen-bond donors (Lipinski definition) is 1. The van der Waals surface area contributed by atoms with Crippen molar-refractivity contribution in [1.29, 1.82) is 0 Å². The van der Waals surface area contributed by atoms with Gasteiger partial charge in [0.05, 0.1) is 0 Å². The van der Waals surface area contributed by atoms with Crippen LogP contribution in [0.3, 0.4) is 0 Å². The predicted octanol–water partition coefficient (Wildman–Crippen LogP) is 3.44. The minimum absolute atomic E-state index is 0.0225. The van der Waals surface area contributed by atoms with Gasteiger partial charge in [-0.05, 0) is 49.1 Å². The van der Waals surface area contributed by atoms with Crippen LogP contribution >= 0.6 is 0 Å². The van der Waals surface area contributed by atoms with Gasteiger partial charge in [-0.3, -0.25) is 4.79 Å². The molecule has 152 valence electrons. The molecule has 7 heteroatoms. The third kappa shape index (κ3) is 4.05. The van der Waals surface area contributed by atoms with Crippen LogP contribution in [0, 0.1) is 5.92 Å². The first-order valence-electron chi connectivity index (χ1n) is 10.1. The largest absolute Gasteiger partial charge is 0.355 e. The van der Waals surface area contributed by atoms with Gasteiger partial charge in [0.15, 0.2) is 5.84 Å². The van der Waals surface area contributed by atoms with Crippen molar-refractivity contribution in [3.8, 4) is 0 Å². The molecule has 0 aliphatic carbocycles. The quantitative estimate of drug-likeness (QED) is 0.836. The van der Waals surface area contributed by atoms with Crippen LogP contribution in [0.15, 0.2) is 57.8 Å². The van der Waals surface area contributed by atoms with Crippen LogP contribution in [0.2, 0.25) is 0 Å². The number of nitrogens with one attached hydrogen (secondary N) is 1. The summed E-state index contributed by atoms with van der Waals surface area (Å²) in [5, 5.41) is 3.01. The third-order valence-corrected chi connectivity index (χ3v) is 6.86. The molecule has 1 saturated heterocycles. The lowest BCUT2D eigenvalue weighted by Gasteiger charge is -2.32. The highest BCUT2D eigenvalue weighted by molar-refractivity contribution is 7.90. The number of fused-ring (bicyclic) bond motifs is 1. The molecule has 1 N–H and O–H groups in total. The number of amidine groups is 1. The van der Waals surface area contributed by atoms with Crippen molar-refractivity contribution in [1.82, 2.24) is 4.90 Å². The van der Waals surface area contributed by atoms with Crippen molar-refractivity contribution in [3.63, 3.8) is 0 Å². The van der Waals surface area contributed by atoms with Gasteiger partial charge in [-0.2, -0.15) is 8.42 Å². The van der Waals surface area contributed by atoms with Crippen LogP contribution in [0.5, 0.6) is 0 Å².